The predicted molar refractivity (Wildman–Crippen MR) is 100 cm³/mol. The van der Waals surface area contributed by atoms with E-state index in [2.05, 4.69) is 0 Å². The third-order valence-electron chi connectivity index (χ3n) is 4.21. The largest absolute Gasteiger partial charge is 0.478 e. The predicted octanol–water partition coefficient (Wildman–Crippen LogP) is 3.46. The van der Waals surface area contributed by atoms with Gasteiger partial charge in [0.25, 0.3) is 0 Å². The van der Waals surface area contributed by atoms with E-state index >= 15 is 0 Å². The maximum absolute atomic E-state index is 14.5. The number of para-hydroxylation sites is 1. The number of hydrogen-bond acceptors (Lipinski definition) is 5. The molecule has 0 atom stereocenters. The summed E-state index contributed by atoms with van der Waals surface area (Å²) in [5, 5.41) is 8.63. The normalized spacial score (nSPS) is 14.1. The number of benzene rings is 2. The topological polar surface area (TPSA) is 62.6 Å². The summed E-state index contributed by atoms with van der Waals surface area (Å²) in [6.45, 7) is 2.31. The number of halogens is 1. The molecule has 2 aromatic carbocycles. The lowest BCUT2D eigenvalue weighted by molar-refractivity contribution is 0.104. The Kier molecular flexibility index (Phi) is 6.18. The maximum atomic E-state index is 14.5. The minimum Gasteiger partial charge on any atom is -0.478 e. The molecular weight excluding hydrogens is 347 g/mol. The zero-order valence-corrected chi connectivity index (χ0v) is 14.7. The number of hydrogen-bond donors (Lipinski definition) is 0. The average Bonchev–Trinajstić information content (AvgIpc) is 2.71. The van der Waals surface area contributed by atoms with Gasteiger partial charge in [0.15, 0.2) is 12.4 Å². The summed E-state index contributed by atoms with van der Waals surface area (Å²) in [5.41, 5.74) is 1.43. The van der Waals surface area contributed by atoms with Crippen molar-refractivity contribution in [3.05, 3.63) is 65.5 Å². The van der Waals surface area contributed by atoms with Crippen molar-refractivity contribution in [2.45, 2.75) is 0 Å². The number of carbonyl (C=O) groups is 1. The zero-order valence-electron chi connectivity index (χ0n) is 14.7. The van der Waals surface area contributed by atoms with Gasteiger partial charge in [0.2, 0.25) is 0 Å². The summed E-state index contributed by atoms with van der Waals surface area (Å²) in [5.74, 6) is -0.219. The zero-order chi connectivity index (χ0) is 19.1. The van der Waals surface area contributed by atoms with Crippen LogP contribution in [-0.4, -0.2) is 38.7 Å². The standard InChI is InChI=1S/C21H19FN2O3/c22-18-15-17(5-7-19(18)24-10-13-26-14-11-24)20(25)8-6-16-3-1-2-4-21(16)27-12-9-23/h1-8,15H,10-14H2/b8-6+. The molecule has 1 saturated heterocycles. The van der Waals surface area contributed by atoms with E-state index in [0.29, 0.717) is 43.3 Å². The first-order valence-electron chi connectivity index (χ1n) is 8.62. The summed E-state index contributed by atoms with van der Waals surface area (Å²) in [6.07, 6.45) is 2.97. The van der Waals surface area contributed by atoms with Crippen molar-refractivity contribution in [3.63, 3.8) is 0 Å². The van der Waals surface area contributed by atoms with E-state index in [0.717, 1.165) is 0 Å². The van der Waals surface area contributed by atoms with Gasteiger partial charge in [-0.2, -0.15) is 5.26 Å². The van der Waals surface area contributed by atoms with Crippen molar-refractivity contribution in [2.24, 2.45) is 0 Å². The first-order valence-corrected chi connectivity index (χ1v) is 8.62. The number of anilines is 1. The molecule has 6 heteroatoms. The first kappa shape index (κ1) is 18.6. The summed E-state index contributed by atoms with van der Waals surface area (Å²) >= 11 is 0. The van der Waals surface area contributed by atoms with Gasteiger partial charge in [0.05, 0.1) is 18.9 Å². The van der Waals surface area contributed by atoms with E-state index in [1.807, 2.05) is 11.0 Å². The Bertz CT molecular complexity index is 883. The van der Waals surface area contributed by atoms with Crippen molar-refractivity contribution >= 4 is 17.5 Å². The maximum Gasteiger partial charge on any atom is 0.185 e. The van der Waals surface area contributed by atoms with Gasteiger partial charge in [0.1, 0.15) is 17.6 Å². The van der Waals surface area contributed by atoms with Crippen LogP contribution in [0.3, 0.4) is 0 Å². The monoisotopic (exact) mass is 366 g/mol. The van der Waals surface area contributed by atoms with Crippen LogP contribution in [0.5, 0.6) is 5.75 Å². The van der Waals surface area contributed by atoms with Gasteiger partial charge >= 0.3 is 0 Å². The van der Waals surface area contributed by atoms with Crippen molar-refractivity contribution in [3.8, 4) is 11.8 Å². The third kappa shape index (κ3) is 4.72. The molecule has 0 N–H and O–H groups in total. The molecule has 0 aromatic heterocycles. The van der Waals surface area contributed by atoms with E-state index in [1.54, 1.807) is 42.5 Å². The number of nitrogens with zero attached hydrogens (tertiary/aromatic N) is 2. The number of rotatable bonds is 6. The average molecular weight is 366 g/mol. The van der Waals surface area contributed by atoms with Crippen LogP contribution in [0.15, 0.2) is 48.5 Å². The summed E-state index contributed by atoms with van der Waals surface area (Å²) < 4.78 is 25.1. The van der Waals surface area contributed by atoms with E-state index < -0.39 is 5.82 Å². The first-order chi connectivity index (χ1) is 13.2. The minimum atomic E-state index is -0.422. The molecule has 1 aliphatic heterocycles. The molecule has 0 bridgehead atoms. The SMILES string of the molecule is N#CCOc1ccccc1/C=C/C(=O)c1ccc(N2CCOCC2)c(F)c1. The second-order valence-corrected chi connectivity index (χ2v) is 5.95. The fourth-order valence-corrected chi connectivity index (χ4v) is 2.84. The van der Waals surface area contributed by atoms with Crippen molar-refractivity contribution in [2.75, 3.05) is 37.8 Å². The van der Waals surface area contributed by atoms with Gasteiger partial charge < -0.3 is 14.4 Å². The molecule has 5 nitrogen and oxygen atoms in total. The number of allylic oxidation sites excluding steroid dienone is 1. The second-order valence-electron chi connectivity index (χ2n) is 5.95. The Morgan fingerprint density at radius 2 is 2.04 bits per heavy atom. The van der Waals surface area contributed by atoms with Crippen LogP contribution in [-0.2, 0) is 4.74 Å². The van der Waals surface area contributed by atoms with E-state index in [4.69, 9.17) is 14.7 Å². The molecule has 3 rings (SSSR count). The highest BCUT2D eigenvalue weighted by Gasteiger charge is 2.16. The fraction of sp³-hybridized carbons (Fsp3) is 0.238. The van der Waals surface area contributed by atoms with Crippen LogP contribution < -0.4 is 9.64 Å². The summed E-state index contributed by atoms with van der Waals surface area (Å²) in [4.78, 5) is 14.3. The number of ether oxygens (including phenoxy) is 2. The lowest BCUT2D eigenvalue weighted by Crippen LogP contribution is -2.36. The van der Waals surface area contributed by atoms with Crippen LogP contribution in [0.4, 0.5) is 10.1 Å². The lowest BCUT2D eigenvalue weighted by Gasteiger charge is -2.29. The Morgan fingerprint density at radius 3 is 2.78 bits per heavy atom. The Labute approximate surface area is 157 Å². The van der Waals surface area contributed by atoms with Gasteiger partial charge in [-0.05, 0) is 36.4 Å². The van der Waals surface area contributed by atoms with Crippen LogP contribution in [0, 0.1) is 17.1 Å². The van der Waals surface area contributed by atoms with Crippen LogP contribution in [0.2, 0.25) is 0 Å². The van der Waals surface area contributed by atoms with Gasteiger partial charge in [0, 0.05) is 24.2 Å². The highest BCUT2D eigenvalue weighted by molar-refractivity contribution is 6.07. The van der Waals surface area contributed by atoms with Crippen LogP contribution in [0.1, 0.15) is 15.9 Å². The van der Waals surface area contributed by atoms with Gasteiger partial charge in [-0.3, -0.25) is 4.79 Å². The molecule has 1 heterocycles. The Hall–Kier alpha value is -3.17. The van der Waals surface area contributed by atoms with Crippen molar-refractivity contribution < 1.29 is 18.7 Å². The Balaban J connectivity index is 1.74. The number of ketones is 1. The number of morpholine rings is 1. The molecule has 1 fully saturated rings. The number of carbonyl (C=O) groups excluding carboxylic acids is 1. The molecule has 138 valence electrons. The molecule has 0 aliphatic carbocycles. The van der Waals surface area contributed by atoms with Gasteiger partial charge in [-0.15, -0.1) is 0 Å². The molecule has 0 unspecified atom stereocenters. The van der Waals surface area contributed by atoms with Crippen LogP contribution in [0.25, 0.3) is 6.08 Å². The minimum absolute atomic E-state index is 0.0764. The molecule has 1 aliphatic rings. The Morgan fingerprint density at radius 1 is 1.26 bits per heavy atom. The highest BCUT2D eigenvalue weighted by Crippen LogP contribution is 2.23. The highest BCUT2D eigenvalue weighted by atomic mass is 19.1. The van der Waals surface area contributed by atoms with E-state index in [1.165, 1.54) is 12.1 Å². The molecule has 0 spiro atoms. The third-order valence-corrected chi connectivity index (χ3v) is 4.21. The number of nitriles is 1. The molecule has 0 amide bonds. The van der Waals surface area contributed by atoms with E-state index in [9.17, 15) is 9.18 Å². The van der Waals surface area contributed by atoms with Crippen molar-refractivity contribution in [1.82, 2.24) is 0 Å². The smallest absolute Gasteiger partial charge is 0.185 e. The van der Waals surface area contributed by atoms with Gasteiger partial charge in [-0.1, -0.05) is 18.2 Å². The quantitative estimate of drug-likeness (QED) is 0.579. The second kappa shape index (κ2) is 8.97. The molecule has 27 heavy (non-hydrogen) atoms. The van der Waals surface area contributed by atoms with E-state index in [-0.39, 0.29) is 18.0 Å². The molecule has 0 saturated carbocycles. The fourth-order valence-electron chi connectivity index (χ4n) is 2.84. The molecular formula is C21H19FN2O3. The molecule has 2 aromatic rings. The van der Waals surface area contributed by atoms with Crippen LogP contribution >= 0.6 is 0 Å². The summed E-state index contributed by atoms with van der Waals surface area (Å²) in [7, 11) is 0. The lowest BCUT2D eigenvalue weighted by atomic mass is 10.1. The molecule has 0 radical (unpaired) electrons. The van der Waals surface area contributed by atoms with Gasteiger partial charge in [-0.25, -0.2) is 4.39 Å². The summed E-state index contributed by atoms with van der Waals surface area (Å²) in [6, 6.07) is 13.5. The van der Waals surface area contributed by atoms with Crippen molar-refractivity contribution in [1.29, 1.82) is 5.26 Å².